The molecule has 0 aliphatic rings. The van der Waals surface area contributed by atoms with Gasteiger partial charge in [0.1, 0.15) is 6.04 Å². The van der Waals surface area contributed by atoms with Crippen molar-refractivity contribution in [3.8, 4) is 0 Å². The van der Waals surface area contributed by atoms with Crippen molar-refractivity contribution in [3.63, 3.8) is 0 Å². The molecule has 2 atom stereocenters. The van der Waals surface area contributed by atoms with Gasteiger partial charge in [-0.1, -0.05) is 20.3 Å². The van der Waals surface area contributed by atoms with Crippen LogP contribution in [0.25, 0.3) is 0 Å². The lowest BCUT2D eigenvalue weighted by Crippen LogP contribution is -2.50. The van der Waals surface area contributed by atoms with Crippen molar-refractivity contribution in [1.29, 1.82) is 0 Å². The summed E-state index contributed by atoms with van der Waals surface area (Å²) in [5.41, 5.74) is 0. The van der Waals surface area contributed by atoms with Gasteiger partial charge >= 0.3 is 12.0 Å². The highest BCUT2D eigenvalue weighted by molar-refractivity contribution is 5.82. The molecule has 0 bridgehead atoms. The van der Waals surface area contributed by atoms with E-state index in [4.69, 9.17) is 5.11 Å². The van der Waals surface area contributed by atoms with E-state index in [0.29, 0.717) is 25.0 Å². The first-order valence-corrected chi connectivity index (χ1v) is 7.73. The summed E-state index contributed by atoms with van der Waals surface area (Å²) in [7, 11) is 0. The van der Waals surface area contributed by atoms with E-state index < -0.39 is 18.0 Å². The molecular weight excluding hydrogens is 270 g/mol. The van der Waals surface area contributed by atoms with E-state index in [1.54, 1.807) is 0 Å². The van der Waals surface area contributed by atoms with E-state index in [9.17, 15) is 9.59 Å². The van der Waals surface area contributed by atoms with Crippen molar-refractivity contribution in [2.24, 2.45) is 5.92 Å². The summed E-state index contributed by atoms with van der Waals surface area (Å²) < 4.78 is 0. The molecule has 0 aromatic rings. The van der Waals surface area contributed by atoms with Crippen LogP contribution < -0.4 is 10.6 Å². The molecule has 21 heavy (non-hydrogen) atoms. The lowest BCUT2D eigenvalue weighted by atomic mass is 9.99. The van der Waals surface area contributed by atoms with Crippen molar-refractivity contribution >= 4 is 12.0 Å². The highest BCUT2D eigenvalue weighted by Crippen LogP contribution is 2.07. The number of hydrogen-bond acceptors (Lipinski definition) is 3. The molecule has 0 unspecified atom stereocenters. The fourth-order valence-corrected chi connectivity index (χ4v) is 2.29. The maximum Gasteiger partial charge on any atom is 0.326 e. The van der Waals surface area contributed by atoms with Crippen LogP contribution in [0.4, 0.5) is 4.79 Å². The average molecular weight is 301 g/mol. The van der Waals surface area contributed by atoms with Crippen molar-refractivity contribution in [2.75, 3.05) is 13.1 Å². The van der Waals surface area contributed by atoms with Gasteiger partial charge in [0.25, 0.3) is 0 Å². The normalized spacial score (nSPS) is 14.3. The summed E-state index contributed by atoms with van der Waals surface area (Å²) >= 11 is 0. The molecule has 6 nitrogen and oxygen atoms in total. The number of nitrogens with zero attached hydrogens (tertiary/aromatic N) is 1. The topological polar surface area (TPSA) is 81.7 Å². The molecule has 0 spiro atoms. The number of carboxylic acids is 1. The zero-order chi connectivity index (χ0) is 16.6. The van der Waals surface area contributed by atoms with E-state index in [1.807, 2.05) is 13.8 Å². The number of rotatable bonds is 9. The predicted octanol–water partition coefficient (Wildman–Crippen LogP) is 1.90. The average Bonchev–Trinajstić information content (AvgIpc) is 2.38. The lowest BCUT2D eigenvalue weighted by molar-refractivity contribution is -0.140. The van der Waals surface area contributed by atoms with Crippen LogP contribution in [0.5, 0.6) is 0 Å². The van der Waals surface area contributed by atoms with Crippen LogP contribution in [0.2, 0.25) is 0 Å². The van der Waals surface area contributed by atoms with Gasteiger partial charge in [-0.3, -0.25) is 4.90 Å². The van der Waals surface area contributed by atoms with Crippen LogP contribution in [0, 0.1) is 5.92 Å². The summed E-state index contributed by atoms with van der Waals surface area (Å²) in [4.78, 5) is 25.2. The van der Waals surface area contributed by atoms with Gasteiger partial charge in [0.2, 0.25) is 0 Å². The second-order valence-corrected chi connectivity index (χ2v) is 6.03. The predicted molar refractivity (Wildman–Crippen MR) is 84.4 cm³/mol. The van der Waals surface area contributed by atoms with Crippen LogP contribution in [0.3, 0.4) is 0 Å². The minimum absolute atomic E-state index is 0.101. The Hall–Kier alpha value is -1.30. The monoisotopic (exact) mass is 301 g/mol. The Kier molecular flexibility index (Phi) is 9.01. The van der Waals surface area contributed by atoms with Gasteiger partial charge in [0.05, 0.1) is 0 Å². The molecule has 2 amide bonds. The largest absolute Gasteiger partial charge is 0.480 e. The number of carbonyl (C=O) groups excluding carboxylic acids is 1. The van der Waals surface area contributed by atoms with E-state index in [1.165, 1.54) is 0 Å². The number of nitrogens with one attached hydrogen (secondary N) is 2. The fraction of sp³-hybridized carbons (Fsp3) is 0.867. The third-order valence-electron chi connectivity index (χ3n) is 3.75. The minimum Gasteiger partial charge on any atom is -0.480 e. The molecule has 0 heterocycles. The van der Waals surface area contributed by atoms with Gasteiger partial charge in [-0.15, -0.1) is 0 Å². The maximum atomic E-state index is 11.8. The number of carbonyl (C=O) groups is 2. The quantitative estimate of drug-likeness (QED) is 0.607. The van der Waals surface area contributed by atoms with Gasteiger partial charge < -0.3 is 15.7 Å². The first-order chi connectivity index (χ1) is 9.70. The van der Waals surface area contributed by atoms with Gasteiger partial charge in [-0.2, -0.15) is 0 Å². The summed E-state index contributed by atoms with van der Waals surface area (Å²) in [5, 5.41) is 14.4. The van der Waals surface area contributed by atoms with E-state index in [-0.39, 0.29) is 5.92 Å². The SMILES string of the molecule is CC[C@H](C)[C@H](NC(=O)NCCN(C(C)C)C(C)C)C(=O)O. The van der Waals surface area contributed by atoms with E-state index >= 15 is 0 Å². The molecule has 6 heteroatoms. The van der Waals surface area contributed by atoms with Crippen molar-refractivity contribution < 1.29 is 14.7 Å². The molecule has 0 saturated carbocycles. The number of carboxylic acid groups (broad SMARTS) is 1. The van der Waals surface area contributed by atoms with E-state index in [0.717, 1.165) is 6.54 Å². The fourth-order valence-electron chi connectivity index (χ4n) is 2.29. The molecule has 0 fully saturated rings. The Balaban J connectivity index is 4.28. The standard InChI is InChI=1S/C15H31N3O3/c1-7-12(6)13(14(19)20)17-15(21)16-8-9-18(10(2)3)11(4)5/h10-13H,7-9H2,1-6H3,(H,19,20)(H2,16,17,21)/t12-,13-/m0/s1. The first-order valence-electron chi connectivity index (χ1n) is 7.73. The van der Waals surface area contributed by atoms with Gasteiger partial charge in [-0.25, -0.2) is 9.59 Å². The third-order valence-corrected chi connectivity index (χ3v) is 3.75. The van der Waals surface area contributed by atoms with Crippen LogP contribution in [0.15, 0.2) is 0 Å². The lowest BCUT2D eigenvalue weighted by Gasteiger charge is -2.30. The maximum absolute atomic E-state index is 11.8. The van der Waals surface area contributed by atoms with Crippen LogP contribution in [-0.4, -0.2) is 53.2 Å². The minimum atomic E-state index is -0.995. The van der Waals surface area contributed by atoms with Crippen LogP contribution in [0.1, 0.15) is 48.0 Å². The molecule has 3 N–H and O–H groups in total. The Morgan fingerprint density at radius 1 is 1.10 bits per heavy atom. The third kappa shape index (κ3) is 7.32. The number of urea groups is 1. The second kappa shape index (κ2) is 9.60. The van der Waals surface area contributed by atoms with Crippen LogP contribution in [-0.2, 0) is 4.79 Å². The van der Waals surface area contributed by atoms with E-state index in [2.05, 4.69) is 43.2 Å². The Bertz CT molecular complexity index is 324. The highest BCUT2D eigenvalue weighted by atomic mass is 16.4. The molecule has 124 valence electrons. The number of aliphatic carboxylic acids is 1. The van der Waals surface area contributed by atoms with Crippen LogP contribution >= 0.6 is 0 Å². The summed E-state index contributed by atoms with van der Waals surface area (Å²) in [6.07, 6.45) is 0.700. The van der Waals surface area contributed by atoms with Crippen molar-refractivity contribution in [3.05, 3.63) is 0 Å². The molecule has 0 aromatic heterocycles. The molecular formula is C15H31N3O3. The summed E-state index contributed by atoms with van der Waals surface area (Å²) in [5.74, 6) is -1.10. The number of amides is 2. The molecule has 0 aliphatic carbocycles. The first kappa shape index (κ1) is 19.7. The Morgan fingerprint density at radius 3 is 2.00 bits per heavy atom. The zero-order valence-electron chi connectivity index (χ0n) is 14.1. The molecule has 0 radical (unpaired) electrons. The molecule has 0 rings (SSSR count). The van der Waals surface area contributed by atoms with Gasteiger partial charge in [0, 0.05) is 25.2 Å². The van der Waals surface area contributed by atoms with Crippen molar-refractivity contribution in [1.82, 2.24) is 15.5 Å². The van der Waals surface area contributed by atoms with Gasteiger partial charge in [-0.05, 0) is 33.6 Å². The molecule has 0 aliphatic heterocycles. The second-order valence-electron chi connectivity index (χ2n) is 6.03. The molecule has 0 aromatic carbocycles. The smallest absolute Gasteiger partial charge is 0.326 e. The van der Waals surface area contributed by atoms with Crippen molar-refractivity contribution in [2.45, 2.75) is 66.1 Å². The zero-order valence-corrected chi connectivity index (χ0v) is 14.1. The Morgan fingerprint density at radius 2 is 1.62 bits per heavy atom. The summed E-state index contributed by atoms with van der Waals surface area (Å²) in [6.45, 7) is 13.4. The summed E-state index contributed by atoms with van der Waals surface area (Å²) in [6, 6.07) is -0.458. The highest BCUT2D eigenvalue weighted by Gasteiger charge is 2.25. The number of hydrogen-bond donors (Lipinski definition) is 3. The van der Waals surface area contributed by atoms with Gasteiger partial charge in [0.15, 0.2) is 0 Å². The Labute approximate surface area is 128 Å². The molecule has 0 saturated heterocycles.